The van der Waals surface area contributed by atoms with Gasteiger partial charge in [-0.05, 0) is 55.5 Å². The van der Waals surface area contributed by atoms with Crippen molar-refractivity contribution >= 4 is 33.7 Å². The number of sulfonamides is 1. The maximum absolute atomic E-state index is 12.8. The monoisotopic (exact) mass is 430 g/mol. The Kier molecular flexibility index (Phi) is 8.14. The number of carboxylic acid groups (broad SMARTS) is 1. The quantitative estimate of drug-likeness (QED) is 0.609. The summed E-state index contributed by atoms with van der Waals surface area (Å²) in [4.78, 5) is 23.9. The van der Waals surface area contributed by atoms with Gasteiger partial charge in [-0.25, -0.2) is 13.2 Å². The molecule has 2 rings (SSSR count). The fourth-order valence-electron chi connectivity index (χ4n) is 3.04. The third kappa shape index (κ3) is 5.62. The van der Waals surface area contributed by atoms with E-state index in [4.69, 9.17) is 4.74 Å². The SMILES string of the molecule is COc1ccc(S(=O)(=O)N2CCC(C(=O)N[C@@H](CCSC)C(=O)O)CC2)cc1. The first-order chi connectivity index (χ1) is 13.3. The lowest BCUT2D eigenvalue weighted by Crippen LogP contribution is -2.47. The Labute approximate surface area is 169 Å². The molecule has 1 aliphatic rings. The zero-order chi connectivity index (χ0) is 20.7. The van der Waals surface area contributed by atoms with Crippen molar-refractivity contribution in [2.75, 3.05) is 32.2 Å². The molecule has 0 aliphatic carbocycles. The number of thioether (sulfide) groups is 1. The second-order valence-electron chi connectivity index (χ2n) is 6.53. The van der Waals surface area contributed by atoms with Crippen LogP contribution in [0, 0.1) is 5.92 Å². The van der Waals surface area contributed by atoms with Crippen LogP contribution in [0.15, 0.2) is 29.2 Å². The van der Waals surface area contributed by atoms with Crippen LogP contribution in [-0.2, 0) is 19.6 Å². The molecule has 28 heavy (non-hydrogen) atoms. The number of ether oxygens (including phenoxy) is 1. The molecule has 1 amide bonds. The highest BCUT2D eigenvalue weighted by molar-refractivity contribution is 7.98. The van der Waals surface area contributed by atoms with Gasteiger partial charge in [0.05, 0.1) is 12.0 Å². The lowest BCUT2D eigenvalue weighted by molar-refractivity contribution is -0.142. The standard InChI is InChI=1S/C18H26N2O6S2/c1-26-14-3-5-15(6-4-14)28(24,25)20-10-7-13(8-11-20)17(21)19-16(18(22)23)9-12-27-2/h3-6,13,16H,7-12H2,1-2H3,(H,19,21)(H,22,23)/t16-/m0/s1. The highest BCUT2D eigenvalue weighted by Crippen LogP contribution is 2.25. The van der Waals surface area contributed by atoms with Crippen LogP contribution >= 0.6 is 11.8 Å². The van der Waals surface area contributed by atoms with Crippen molar-refractivity contribution in [3.8, 4) is 5.75 Å². The highest BCUT2D eigenvalue weighted by Gasteiger charge is 2.33. The number of carbonyl (C=O) groups is 2. The number of benzene rings is 1. The highest BCUT2D eigenvalue weighted by atomic mass is 32.2. The predicted octanol–water partition coefficient (Wildman–Crippen LogP) is 1.42. The van der Waals surface area contributed by atoms with E-state index in [-0.39, 0.29) is 23.9 Å². The first-order valence-corrected chi connectivity index (χ1v) is 11.8. The summed E-state index contributed by atoms with van der Waals surface area (Å²) in [5.41, 5.74) is 0. The van der Waals surface area contributed by atoms with E-state index in [9.17, 15) is 23.1 Å². The lowest BCUT2D eigenvalue weighted by atomic mass is 9.96. The number of carbonyl (C=O) groups excluding carboxylic acids is 1. The number of aliphatic carboxylic acids is 1. The average molecular weight is 431 g/mol. The van der Waals surface area contributed by atoms with Crippen LogP contribution in [0.1, 0.15) is 19.3 Å². The Morgan fingerprint density at radius 2 is 1.89 bits per heavy atom. The third-order valence-electron chi connectivity index (χ3n) is 4.75. The molecule has 1 aromatic rings. The minimum Gasteiger partial charge on any atom is -0.497 e. The van der Waals surface area contributed by atoms with Gasteiger partial charge in [-0.2, -0.15) is 16.1 Å². The first kappa shape index (κ1) is 22.5. The Hall–Kier alpha value is -1.78. The number of amides is 1. The fourth-order valence-corrected chi connectivity index (χ4v) is 4.98. The van der Waals surface area contributed by atoms with Gasteiger partial charge in [0.25, 0.3) is 0 Å². The molecule has 1 aliphatic heterocycles. The molecule has 1 heterocycles. The molecule has 0 saturated carbocycles. The largest absolute Gasteiger partial charge is 0.497 e. The number of carboxylic acids is 1. The number of nitrogens with one attached hydrogen (secondary N) is 1. The van der Waals surface area contributed by atoms with E-state index < -0.39 is 28.0 Å². The molecule has 1 saturated heterocycles. The zero-order valence-electron chi connectivity index (χ0n) is 16.0. The van der Waals surface area contributed by atoms with Gasteiger partial charge in [-0.1, -0.05) is 0 Å². The van der Waals surface area contributed by atoms with Gasteiger partial charge in [-0.3, -0.25) is 4.79 Å². The molecule has 8 nitrogen and oxygen atoms in total. The molecule has 1 aromatic carbocycles. The molecule has 1 atom stereocenters. The Morgan fingerprint density at radius 1 is 1.29 bits per heavy atom. The van der Waals surface area contributed by atoms with Crippen molar-refractivity contribution in [3.05, 3.63) is 24.3 Å². The molecule has 156 valence electrons. The summed E-state index contributed by atoms with van der Waals surface area (Å²) in [5.74, 6) is -0.561. The summed E-state index contributed by atoms with van der Waals surface area (Å²) in [7, 11) is -2.13. The van der Waals surface area contributed by atoms with Crippen molar-refractivity contribution in [2.24, 2.45) is 5.92 Å². The second kappa shape index (κ2) is 10.1. The third-order valence-corrected chi connectivity index (χ3v) is 7.30. The predicted molar refractivity (Wildman–Crippen MR) is 107 cm³/mol. The normalized spacial score (nSPS) is 17.1. The Bertz CT molecular complexity index is 774. The zero-order valence-corrected chi connectivity index (χ0v) is 17.6. The van der Waals surface area contributed by atoms with E-state index >= 15 is 0 Å². The van der Waals surface area contributed by atoms with Crippen LogP contribution < -0.4 is 10.1 Å². The van der Waals surface area contributed by atoms with Crippen LogP contribution in [-0.4, -0.2) is 68.0 Å². The van der Waals surface area contributed by atoms with Gasteiger partial charge in [0.15, 0.2) is 0 Å². The molecule has 1 fully saturated rings. The molecule has 0 aromatic heterocycles. The number of nitrogens with zero attached hydrogens (tertiary/aromatic N) is 1. The van der Waals surface area contributed by atoms with Gasteiger partial charge < -0.3 is 15.2 Å². The van der Waals surface area contributed by atoms with Crippen molar-refractivity contribution in [2.45, 2.75) is 30.2 Å². The van der Waals surface area contributed by atoms with E-state index in [2.05, 4.69) is 5.32 Å². The van der Waals surface area contributed by atoms with Gasteiger partial charge in [0.1, 0.15) is 11.8 Å². The molecule has 0 radical (unpaired) electrons. The lowest BCUT2D eigenvalue weighted by Gasteiger charge is -2.31. The van der Waals surface area contributed by atoms with Crippen LogP contribution in [0.25, 0.3) is 0 Å². The van der Waals surface area contributed by atoms with Crippen molar-refractivity contribution in [1.82, 2.24) is 9.62 Å². The minimum atomic E-state index is -3.64. The maximum Gasteiger partial charge on any atom is 0.326 e. The summed E-state index contributed by atoms with van der Waals surface area (Å²) in [6.45, 7) is 0.435. The topological polar surface area (TPSA) is 113 Å². The van der Waals surface area contributed by atoms with E-state index in [1.54, 1.807) is 12.1 Å². The van der Waals surface area contributed by atoms with Gasteiger partial charge >= 0.3 is 5.97 Å². The molecule has 0 spiro atoms. The van der Waals surface area contributed by atoms with E-state index in [1.165, 1.54) is 35.3 Å². The molecular weight excluding hydrogens is 404 g/mol. The van der Waals surface area contributed by atoms with Gasteiger partial charge in [0, 0.05) is 19.0 Å². The number of methoxy groups -OCH3 is 1. The number of hydrogen-bond acceptors (Lipinski definition) is 6. The van der Waals surface area contributed by atoms with Crippen LogP contribution in [0.3, 0.4) is 0 Å². The molecular formula is C18H26N2O6S2. The summed E-state index contributed by atoms with van der Waals surface area (Å²) >= 11 is 1.52. The van der Waals surface area contributed by atoms with E-state index in [0.717, 1.165) is 0 Å². The molecule has 10 heteroatoms. The van der Waals surface area contributed by atoms with E-state index in [0.29, 0.717) is 30.8 Å². The summed E-state index contributed by atoms with van der Waals surface area (Å²) < 4.78 is 31.9. The van der Waals surface area contributed by atoms with E-state index in [1.807, 2.05) is 6.26 Å². The molecule has 2 N–H and O–H groups in total. The fraction of sp³-hybridized carbons (Fsp3) is 0.556. The summed E-state index contributed by atoms with van der Waals surface area (Å²) in [5, 5.41) is 11.8. The van der Waals surface area contributed by atoms with Gasteiger partial charge in [-0.15, -0.1) is 0 Å². The first-order valence-electron chi connectivity index (χ1n) is 8.96. The van der Waals surface area contributed by atoms with Crippen molar-refractivity contribution < 1.29 is 27.9 Å². The molecule has 0 unspecified atom stereocenters. The van der Waals surface area contributed by atoms with Crippen molar-refractivity contribution in [1.29, 1.82) is 0 Å². The maximum atomic E-state index is 12.8. The smallest absolute Gasteiger partial charge is 0.326 e. The van der Waals surface area contributed by atoms with Crippen LogP contribution in [0.2, 0.25) is 0 Å². The van der Waals surface area contributed by atoms with Crippen LogP contribution in [0.5, 0.6) is 5.75 Å². The summed E-state index contributed by atoms with van der Waals surface area (Å²) in [6, 6.07) is 5.26. The second-order valence-corrected chi connectivity index (χ2v) is 9.46. The number of rotatable bonds is 9. The Morgan fingerprint density at radius 3 is 2.39 bits per heavy atom. The summed E-state index contributed by atoms with van der Waals surface area (Å²) in [6.07, 6.45) is 2.94. The molecule has 0 bridgehead atoms. The van der Waals surface area contributed by atoms with Crippen LogP contribution in [0.4, 0.5) is 0 Å². The van der Waals surface area contributed by atoms with Crippen molar-refractivity contribution in [3.63, 3.8) is 0 Å². The average Bonchev–Trinajstić information content (AvgIpc) is 2.70. The number of hydrogen-bond donors (Lipinski definition) is 2. The van der Waals surface area contributed by atoms with Gasteiger partial charge in [0.2, 0.25) is 15.9 Å². The Balaban J connectivity index is 1.95. The number of piperidine rings is 1. The minimum absolute atomic E-state index is 0.180.